The molecular weight excluding hydrogens is 847 g/mol. The van der Waals surface area contributed by atoms with Crippen molar-refractivity contribution in [3.05, 3.63) is 160 Å². The van der Waals surface area contributed by atoms with Crippen molar-refractivity contribution in [3.8, 4) is 23.1 Å². The minimum Gasteiger partial charge on any atom is -0.472 e. The zero-order chi connectivity index (χ0) is 43.6. The molecule has 60 heavy (non-hydrogen) atoms. The zero-order valence-corrected chi connectivity index (χ0v) is 32.4. The first kappa shape index (κ1) is 44.3. The maximum absolute atomic E-state index is 14.3. The van der Waals surface area contributed by atoms with Crippen molar-refractivity contribution in [2.24, 2.45) is 0 Å². The molecule has 4 amide bonds. The lowest BCUT2D eigenvalue weighted by Gasteiger charge is -2.20. The van der Waals surface area contributed by atoms with E-state index in [0.29, 0.717) is 22.7 Å². The van der Waals surface area contributed by atoms with Gasteiger partial charge in [0.1, 0.15) is 41.1 Å². The van der Waals surface area contributed by atoms with Crippen LogP contribution in [0.4, 0.5) is 47.3 Å². The first-order valence-electron chi connectivity index (χ1n) is 16.9. The standard InChI is InChI=1S/C21H11ClF6N2O3.C19H18ClN3O4/c22-12-8-10(21(26,27)28)4-7-17(12)33-11-5-6-16(15(25)9-11)29-20(32)30-19(31)18-13(23)2-1-3-14(18)24;1-25-19(24)23(26-2)17-6-4-3-5-14(17)13-27-18-11-12-22(21-18)16-9-7-15(20)8-10-16/h1-9H,(H2,29,30,31,32);3-12H,13H2,1-2H3. The molecular formula is C40H29Cl2F6N5O7. The number of ether oxygens (including phenoxy) is 3. The molecule has 312 valence electrons. The van der Waals surface area contributed by atoms with Gasteiger partial charge in [0.25, 0.3) is 5.91 Å². The van der Waals surface area contributed by atoms with Crippen molar-refractivity contribution in [2.75, 3.05) is 24.6 Å². The predicted molar refractivity (Wildman–Crippen MR) is 207 cm³/mol. The summed E-state index contributed by atoms with van der Waals surface area (Å²) < 4.78 is 97.1. The third kappa shape index (κ3) is 11.5. The topological polar surface area (TPSA) is 133 Å². The smallest absolute Gasteiger partial charge is 0.438 e. The molecule has 0 unspecified atom stereocenters. The third-order valence-corrected chi connectivity index (χ3v) is 8.40. The number of para-hydroxylation sites is 1. The van der Waals surface area contributed by atoms with Gasteiger partial charge in [-0.2, -0.15) is 18.2 Å². The maximum atomic E-state index is 14.3. The summed E-state index contributed by atoms with van der Waals surface area (Å²) in [6.45, 7) is 0.199. The Balaban J connectivity index is 0.000000232. The van der Waals surface area contributed by atoms with Gasteiger partial charge in [0, 0.05) is 28.9 Å². The number of nitrogens with zero attached hydrogens (tertiary/aromatic N) is 3. The molecule has 6 aromatic rings. The average molecular weight is 877 g/mol. The second kappa shape index (κ2) is 19.8. The van der Waals surface area contributed by atoms with Crippen LogP contribution < -0.4 is 25.2 Å². The number of hydrogen-bond acceptors (Lipinski definition) is 8. The van der Waals surface area contributed by atoms with Crippen LogP contribution in [0.5, 0.6) is 17.4 Å². The number of amides is 4. The Morgan fingerprint density at radius 1 is 0.817 bits per heavy atom. The van der Waals surface area contributed by atoms with E-state index in [0.717, 1.165) is 64.8 Å². The Morgan fingerprint density at radius 3 is 2.15 bits per heavy atom. The fraction of sp³-hybridized carbons (Fsp3) is 0.100. The number of carbonyl (C=O) groups is 3. The fourth-order valence-electron chi connectivity index (χ4n) is 5.04. The van der Waals surface area contributed by atoms with Crippen LogP contribution in [-0.4, -0.2) is 42.0 Å². The summed E-state index contributed by atoms with van der Waals surface area (Å²) in [7, 11) is 2.68. The lowest BCUT2D eigenvalue weighted by atomic mass is 10.2. The number of halogens is 8. The number of benzene rings is 5. The van der Waals surface area contributed by atoms with Gasteiger partial charge in [0.05, 0.1) is 41.9 Å². The fourth-order valence-corrected chi connectivity index (χ4v) is 5.39. The molecule has 0 atom stereocenters. The molecule has 5 aromatic carbocycles. The molecule has 20 heteroatoms. The minimum atomic E-state index is -4.61. The highest BCUT2D eigenvalue weighted by Crippen LogP contribution is 2.37. The number of urea groups is 1. The van der Waals surface area contributed by atoms with E-state index in [2.05, 4.69) is 5.10 Å². The van der Waals surface area contributed by atoms with Gasteiger partial charge in [-0.1, -0.05) is 47.5 Å². The van der Waals surface area contributed by atoms with Crippen molar-refractivity contribution in [3.63, 3.8) is 0 Å². The highest BCUT2D eigenvalue weighted by atomic mass is 35.5. The second-order valence-electron chi connectivity index (χ2n) is 11.8. The highest BCUT2D eigenvalue weighted by molar-refractivity contribution is 6.32. The summed E-state index contributed by atoms with van der Waals surface area (Å²) >= 11 is 11.7. The van der Waals surface area contributed by atoms with Crippen LogP contribution in [-0.2, 0) is 22.4 Å². The summed E-state index contributed by atoms with van der Waals surface area (Å²) in [5, 5.41) is 9.37. The maximum Gasteiger partial charge on any atom is 0.438 e. The number of methoxy groups -OCH3 is 1. The first-order valence-corrected chi connectivity index (χ1v) is 17.7. The van der Waals surface area contributed by atoms with E-state index in [1.165, 1.54) is 14.2 Å². The number of nitrogens with one attached hydrogen (secondary N) is 2. The van der Waals surface area contributed by atoms with E-state index in [9.17, 15) is 40.7 Å². The van der Waals surface area contributed by atoms with E-state index in [-0.39, 0.29) is 23.1 Å². The number of aromatic nitrogens is 2. The Bertz CT molecular complexity index is 2470. The Labute approximate surface area is 346 Å². The first-order chi connectivity index (χ1) is 28.6. The molecule has 0 bridgehead atoms. The largest absolute Gasteiger partial charge is 0.472 e. The van der Waals surface area contributed by atoms with Crippen LogP contribution in [0.25, 0.3) is 5.69 Å². The van der Waals surface area contributed by atoms with Crippen molar-refractivity contribution < 1.29 is 59.8 Å². The number of imide groups is 1. The number of alkyl halides is 3. The SMILES string of the molecule is COC(=O)N(OC)c1ccccc1COc1ccn(-c2ccc(Cl)cc2)n1.O=C(NC(=O)c1c(F)cccc1F)Nc1ccc(Oc2ccc(C(F)(F)F)cc2Cl)cc1F. The molecule has 0 saturated carbocycles. The zero-order valence-electron chi connectivity index (χ0n) is 30.9. The Morgan fingerprint density at radius 2 is 1.52 bits per heavy atom. The van der Waals surface area contributed by atoms with E-state index in [1.807, 2.05) is 29.6 Å². The molecule has 1 heterocycles. The lowest BCUT2D eigenvalue weighted by molar-refractivity contribution is -0.137. The van der Waals surface area contributed by atoms with Crippen LogP contribution in [0.15, 0.2) is 115 Å². The molecule has 2 N–H and O–H groups in total. The van der Waals surface area contributed by atoms with Gasteiger partial charge >= 0.3 is 18.3 Å². The number of anilines is 2. The molecule has 12 nitrogen and oxygen atoms in total. The lowest BCUT2D eigenvalue weighted by Crippen LogP contribution is -2.35. The molecule has 0 saturated heterocycles. The van der Waals surface area contributed by atoms with Gasteiger partial charge in [-0.05, 0) is 72.8 Å². The number of hydroxylamine groups is 1. The molecule has 0 aliphatic carbocycles. The third-order valence-electron chi connectivity index (χ3n) is 7.86. The Kier molecular flexibility index (Phi) is 14.6. The average Bonchev–Trinajstić information content (AvgIpc) is 3.68. The minimum absolute atomic E-state index is 0.162. The molecule has 0 aliphatic heterocycles. The van der Waals surface area contributed by atoms with Gasteiger partial charge in [-0.3, -0.25) is 14.9 Å². The molecule has 6 rings (SSSR count). The van der Waals surface area contributed by atoms with Crippen LogP contribution in [0, 0.1) is 17.5 Å². The molecule has 0 spiro atoms. The number of rotatable bonds is 10. The van der Waals surface area contributed by atoms with Crippen LogP contribution in [0.3, 0.4) is 0 Å². The van der Waals surface area contributed by atoms with Gasteiger partial charge < -0.3 is 19.5 Å². The quantitative estimate of drug-likeness (QED) is 0.103. The molecule has 0 radical (unpaired) electrons. The monoisotopic (exact) mass is 875 g/mol. The summed E-state index contributed by atoms with van der Waals surface area (Å²) in [5.74, 6) is -4.73. The van der Waals surface area contributed by atoms with Crippen LogP contribution in [0.2, 0.25) is 10.0 Å². The highest BCUT2D eigenvalue weighted by Gasteiger charge is 2.31. The predicted octanol–water partition coefficient (Wildman–Crippen LogP) is 10.8. The van der Waals surface area contributed by atoms with E-state index >= 15 is 0 Å². The van der Waals surface area contributed by atoms with Crippen LogP contribution >= 0.6 is 23.2 Å². The van der Waals surface area contributed by atoms with Gasteiger partial charge in [0.2, 0.25) is 5.88 Å². The van der Waals surface area contributed by atoms with E-state index in [4.69, 9.17) is 42.3 Å². The number of carbonyl (C=O) groups excluding carboxylic acids is 3. The van der Waals surface area contributed by atoms with Crippen molar-refractivity contribution >= 4 is 52.6 Å². The normalized spacial score (nSPS) is 10.8. The van der Waals surface area contributed by atoms with E-state index < -0.39 is 58.5 Å². The van der Waals surface area contributed by atoms with Gasteiger partial charge in [-0.15, -0.1) is 5.10 Å². The summed E-state index contributed by atoms with van der Waals surface area (Å²) in [4.78, 5) is 40.8. The van der Waals surface area contributed by atoms with Crippen molar-refractivity contribution in [1.82, 2.24) is 15.1 Å². The second-order valence-corrected chi connectivity index (χ2v) is 12.7. The Hall–Kier alpha value is -6.76. The van der Waals surface area contributed by atoms with Crippen molar-refractivity contribution in [2.45, 2.75) is 12.8 Å². The van der Waals surface area contributed by atoms with E-state index in [1.54, 1.807) is 46.5 Å². The summed E-state index contributed by atoms with van der Waals surface area (Å²) in [6, 6.07) is 23.0. The molecule has 0 aliphatic rings. The van der Waals surface area contributed by atoms with Gasteiger partial charge in [0.15, 0.2) is 0 Å². The molecule has 0 fully saturated rings. The summed E-state index contributed by atoms with van der Waals surface area (Å²) in [6.07, 6.45) is -3.45. The van der Waals surface area contributed by atoms with Crippen molar-refractivity contribution in [1.29, 1.82) is 0 Å². The number of hydrogen-bond donors (Lipinski definition) is 2. The van der Waals surface area contributed by atoms with Gasteiger partial charge in [-0.25, -0.2) is 27.4 Å². The molecule has 1 aromatic heterocycles. The van der Waals surface area contributed by atoms with Crippen LogP contribution in [0.1, 0.15) is 21.5 Å². The summed E-state index contributed by atoms with van der Waals surface area (Å²) in [5.41, 5.74) is -0.285.